The van der Waals surface area contributed by atoms with Gasteiger partial charge in [-0.2, -0.15) is 24.4 Å². The van der Waals surface area contributed by atoms with Crippen molar-refractivity contribution in [3.05, 3.63) is 0 Å². The number of rotatable bonds is 3. The summed E-state index contributed by atoms with van der Waals surface area (Å²) in [7, 11) is 0. The number of amides is 1. The molecule has 1 heterocycles. The van der Waals surface area contributed by atoms with Crippen LogP contribution in [0.5, 0.6) is 0 Å². The summed E-state index contributed by atoms with van der Waals surface area (Å²) in [6.45, 7) is 3.80. The summed E-state index contributed by atoms with van der Waals surface area (Å²) in [6.07, 6.45) is 0. The zero-order chi connectivity index (χ0) is 9.68. The van der Waals surface area contributed by atoms with Gasteiger partial charge in [0.2, 0.25) is 5.91 Å². The van der Waals surface area contributed by atoms with Crippen LogP contribution in [0.25, 0.3) is 0 Å². The van der Waals surface area contributed by atoms with Gasteiger partial charge in [0, 0.05) is 36.3 Å². The topological polar surface area (TPSA) is 32.3 Å². The van der Waals surface area contributed by atoms with Gasteiger partial charge in [-0.3, -0.25) is 10.2 Å². The highest BCUT2D eigenvalue weighted by Crippen LogP contribution is 2.07. The Morgan fingerprint density at radius 2 is 2.23 bits per heavy atom. The molecular formula is C8H16N2OS2. The Morgan fingerprint density at radius 1 is 1.62 bits per heavy atom. The molecule has 0 bridgehead atoms. The lowest BCUT2D eigenvalue weighted by Crippen LogP contribution is -2.48. The van der Waals surface area contributed by atoms with E-state index in [1.165, 1.54) is 0 Å². The number of carbonyl (C=O) groups is 1. The molecule has 1 unspecified atom stereocenters. The third-order valence-electron chi connectivity index (χ3n) is 2.00. The van der Waals surface area contributed by atoms with Gasteiger partial charge in [0.1, 0.15) is 0 Å². The van der Waals surface area contributed by atoms with E-state index in [2.05, 4.69) is 18.1 Å². The van der Waals surface area contributed by atoms with E-state index in [-0.39, 0.29) is 11.8 Å². The molecule has 0 aromatic rings. The molecule has 3 nitrogen and oxygen atoms in total. The molecule has 1 amide bonds. The molecular weight excluding hydrogens is 204 g/mol. The van der Waals surface area contributed by atoms with E-state index in [9.17, 15) is 4.79 Å². The van der Waals surface area contributed by atoms with E-state index < -0.39 is 0 Å². The Labute approximate surface area is 89.0 Å². The molecule has 0 spiro atoms. The minimum atomic E-state index is -0.00193. The molecule has 1 saturated heterocycles. The third kappa shape index (κ3) is 3.79. The molecule has 1 fully saturated rings. The summed E-state index contributed by atoms with van der Waals surface area (Å²) in [5.41, 5.74) is 2.90. The molecule has 76 valence electrons. The number of nitrogens with one attached hydrogen (secondary N) is 1. The molecule has 0 saturated carbocycles. The Hall–Kier alpha value is 0.130. The summed E-state index contributed by atoms with van der Waals surface area (Å²) in [6, 6.07) is 0. The molecule has 1 aliphatic heterocycles. The SMILES string of the molecule is CC(CS)C(=O)NN1CCSCC1. The molecule has 0 aliphatic carbocycles. The standard InChI is InChI=1S/C8H16N2OS2/c1-7(6-12)8(11)9-10-2-4-13-5-3-10/h7,12H,2-6H2,1H3,(H,9,11). The Kier molecular flexibility index (Phi) is 4.98. The van der Waals surface area contributed by atoms with Crippen LogP contribution < -0.4 is 5.43 Å². The highest BCUT2D eigenvalue weighted by Gasteiger charge is 2.16. The second-order valence-electron chi connectivity index (χ2n) is 3.16. The minimum absolute atomic E-state index is 0.00193. The van der Waals surface area contributed by atoms with Gasteiger partial charge < -0.3 is 0 Å². The molecule has 5 heteroatoms. The van der Waals surface area contributed by atoms with Crippen molar-refractivity contribution in [2.75, 3.05) is 30.3 Å². The van der Waals surface area contributed by atoms with Crippen molar-refractivity contribution in [1.29, 1.82) is 0 Å². The number of carbonyl (C=O) groups excluding carboxylic acids is 1. The average molecular weight is 220 g/mol. The largest absolute Gasteiger partial charge is 0.289 e. The fraction of sp³-hybridized carbons (Fsp3) is 0.875. The van der Waals surface area contributed by atoms with Gasteiger partial charge in [0.15, 0.2) is 0 Å². The van der Waals surface area contributed by atoms with E-state index in [4.69, 9.17) is 0 Å². The van der Waals surface area contributed by atoms with E-state index in [1.807, 2.05) is 23.7 Å². The number of hydrogen-bond acceptors (Lipinski definition) is 4. The van der Waals surface area contributed by atoms with Crippen molar-refractivity contribution in [3.63, 3.8) is 0 Å². The maximum atomic E-state index is 11.4. The first-order valence-electron chi connectivity index (χ1n) is 4.48. The number of hydrazine groups is 1. The zero-order valence-corrected chi connectivity index (χ0v) is 9.53. The van der Waals surface area contributed by atoms with Gasteiger partial charge in [-0.05, 0) is 0 Å². The number of hydrogen-bond donors (Lipinski definition) is 2. The molecule has 0 radical (unpaired) electrons. The molecule has 1 N–H and O–H groups in total. The van der Waals surface area contributed by atoms with Crippen molar-refractivity contribution in [2.24, 2.45) is 5.92 Å². The lowest BCUT2D eigenvalue weighted by Gasteiger charge is -2.27. The van der Waals surface area contributed by atoms with Crippen LogP contribution >= 0.6 is 24.4 Å². The fourth-order valence-electron chi connectivity index (χ4n) is 1.02. The number of thioether (sulfide) groups is 1. The molecule has 0 aromatic carbocycles. The van der Waals surface area contributed by atoms with E-state index >= 15 is 0 Å². The van der Waals surface area contributed by atoms with Crippen LogP contribution in [0.4, 0.5) is 0 Å². The first-order chi connectivity index (χ1) is 6.24. The van der Waals surface area contributed by atoms with Gasteiger partial charge in [-0.25, -0.2) is 5.01 Å². The lowest BCUT2D eigenvalue weighted by molar-refractivity contribution is -0.128. The predicted molar refractivity (Wildman–Crippen MR) is 60.1 cm³/mol. The van der Waals surface area contributed by atoms with E-state index in [1.54, 1.807) is 0 Å². The fourth-order valence-corrected chi connectivity index (χ4v) is 2.09. The summed E-state index contributed by atoms with van der Waals surface area (Å²) in [5.74, 6) is 2.90. The first kappa shape index (κ1) is 11.2. The highest BCUT2D eigenvalue weighted by molar-refractivity contribution is 7.99. The predicted octanol–water partition coefficient (Wildman–Crippen LogP) is 0.632. The second kappa shape index (κ2) is 5.78. The lowest BCUT2D eigenvalue weighted by atomic mass is 10.2. The maximum Gasteiger partial charge on any atom is 0.237 e. The highest BCUT2D eigenvalue weighted by atomic mass is 32.2. The first-order valence-corrected chi connectivity index (χ1v) is 6.27. The summed E-state index contributed by atoms with van der Waals surface area (Å²) >= 11 is 6.02. The Balaban J connectivity index is 2.26. The van der Waals surface area contributed by atoms with Gasteiger partial charge in [0.25, 0.3) is 0 Å². The minimum Gasteiger partial charge on any atom is -0.289 e. The van der Waals surface area contributed by atoms with Crippen LogP contribution in [-0.4, -0.2) is 41.3 Å². The smallest absolute Gasteiger partial charge is 0.237 e. The van der Waals surface area contributed by atoms with Crippen LogP contribution in [-0.2, 0) is 4.79 Å². The maximum absolute atomic E-state index is 11.4. The zero-order valence-electron chi connectivity index (χ0n) is 7.82. The monoisotopic (exact) mass is 220 g/mol. The Bertz CT molecular complexity index is 172. The molecule has 1 aliphatic rings. The third-order valence-corrected chi connectivity index (χ3v) is 3.49. The number of nitrogens with zero attached hydrogens (tertiary/aromatic N) is 1. The summed E-state index contributed by atoms with van der Waals surface area (Å²) < 4.78 is 0. The van der Waals surface area contributed by atoms with Crippen molar-refractivity contribution in [1.82, 2.24) is 10.4 Å². The van der Waals surface area contributed by atoms with Crippen LogP contribution in [0.15, 0.2) is 0 Å². The van der Waals surface area contributed by atoms with Crippen LogP contribution in [0.3, 0.4) is 0 Å². The normalized spacial score (nSPS) is 21.1. The van der Waals surface area contributed by atoms with Gasteiger partial charge in [-0.15, -0.1) is 0 Å². The van der Waals surface area contributed by atoms with E-state index in [0.29, 0.717) is 5.75 Å². The van der Waals surface area contributed by atoms with Gasteiger partial charge >= 0.3 is 0 Å². The average Bonchev–Trinajstić information content (AvgIpc) is 2.18. The van der Waals surface area contributed by atoms with Crippen LogP contribution in [0.2, 0.25) is 0 Å². The van der Waals surface area contributed by atoms with Crippen LogP contribution in [0, 0.1) is 5.92 Å². The summed E-state index contributed by atoms with van der Waals surface area (Å²) in [4.78, 5) is 11.4. The Morgan fingerprint density at radius 3 is 2.77 bits per heavy atom. The van der Waals surface area contributed by atoms with Crippen LogP contribution in [0.1, 0.15) is 6.92 Å². The quantitative estimate of drug-likeness (QED) is 0.684. The summed E-state index contributed by atoms with van der Waals surface area (Å²) in [5, 5.41) is 2.00. The van der Waals surface area contributed by atoms with Crippen molar-refractivity contribution >= 4 is 30.3 Å². The van der Waals surface area contributed by atoms with Gasteiger partial charge in [0.05, 0.1) is 0 Å². The molecule has 13 heavy (non-hydrogen) atoms. The molecule has 1 atom stereocenters. The van der Waals surface area contributed by atoms with Crippen molar-refractivity contribution in [3.8, 4) is 0 Å². The van der Waals surface area contributed by atoms with Crippen molar-refractivity contribution < 1.29 is 4.79 Å². The van der Waals surface area contributed by atoms with Gasteiger partial charge in [-0.1, -0.05) is 6.92 Å². The van der Waals surface area contributed by atoms with E-state index in [0.717, 1.165) is 24.6 Å². The molecule has 0 aromatic heterocycles. The van der Waals surface area contributed by atoms with Crippen molar-refractivity contribution in [2.45, 2.75) is 6.92 Å². The number of thiol groups is 1. The molecule has 1 rings (SSSR count). The second-order valence-corrected chi connectivity index (χ2v) is 4.75.